The van der Waals surface area contributed by atoms with E-state index in [-0.39, 0.29) is 5.91 Å². The van der Waals surface area contributed by atoms with Crippen LogP contribution in [0.25, 0.3) is 0 Å². The molecule has 0 saturated carbocycles. The van der Waals surface area contributed by atoms with Crippen LogP contribution in [-0.2, 0) is 7.05 Å². The Morgan fingerprint density at radius 3 is 2.58 bits per heavy atom. The summed E-state index contributed by atoms with van der Waals surface area (Å²) in [6.45, 7) is 1.70. The fourth-order valence-corrected chi connectivity index (χ4v) is 1.58. The van der Waals surface area contributed by atoms with Gasteiger partial charge in [0.1, 0.15) is 5.69 Å². The van der Waals surface area contributed by atoms with Crippen molar-refractivity contribution >= 4 is 17.3 Å². The molecule has 0 fully saturated rings. The molecule has 0 atom stereocenters. The summed E-state index contributed by atoms with van der Waals surface area (Å²) >= 11 is 0. The Morgan fingerprint density at radius 1 is 1.37 bits per heavy atom. The third kappa shape index (κ3) is 2.98. The van der Waals surface area contributed by atoms with Gasteiger partial charge in [-0.3, -0.25) is 4.79 Å². The molecule has 6 nitrogen and oxygen atoms in total. The SMILES string of the molecule is C/C(=N/O)c1ccc(NC(=O)c2cn(C)cn2)cc1. The van der Waals surface area contributed by atoms with Gasteiger partial charge in [0, 0.05) is 18.9 Å². The average molecular weight is 258 g/mol. The van der Waals surface area contributed by atoms with Gasteiger partial charge in [0.15, 0.2) is 0 Å². The monoisotopic (exact) mass is 258 g/mol. The maximum absolute atomic E-state index is 11.9. The molecular formula is C13H14N4O2. The normalized spacial score (nSPS) is 11.4. The number of nitrogens with zero attached hydrogens (tertiary/aromatic N) is 3. The minimum Gasteiger partial charge on any atom is -0.411 e. The average Bonchev–Trinajstić information content (AvgIpc) is 2.85. The second-order valence-electron chi connectivity index (χ2n) is 4.14. The molecule has 0 spiro atoms. The number of aromatic nitrogens is 2. The van der Waals surface area contributed by atoms with Gasteiger partial charge in [-0.05, 0) is 24.6 Å². The van der Waals surface area contributed by atoms with E-state index < -0.39 is 0 Å². The lowest BCUT2D eigenvalue weighted by Gasteiger charge is -2.04. The van der Waals surface area contributed by atoms with Gasteiger partial charge in [0.25, 0.3) is 5.91 Å². The first-order chi connectivity index (χ1) is 9.10. The molecule has 2 rings (SSSR count). The van der Waals surface area contributed by atoms with Crippen LogP contribution in [-0.4, -0.2) is 26.4 Å². The van der Waals surface area contributed by atoms with E-state index in [0.717, 1.165) is 5.56 Å². The second-order valence-corrected chi connectivity index (χ2v) is 4.14. The third-order valence-corrected chi connectivity index (χ3v) is 2.65. The summed E-state index contributed by atoms with van der Waals surface area (Å²) in [5.74, 6) is -0.263. The standard InChI is InChI=1S/C13H14N4O2/c1-9(16-19)10-3-5-11(6-4-10)15-13(18)12-7-17(2)8-14-12/h3-8,19H,1-2H3,(H,15,18)/b16-9-. The number of oxime groups is 1. The fraction of sp³-hybridized carbons (Fsp3) is 0.154. The topological polar surface area (TPSA) is 79.5 Å². The Hall–Kier alpha value is -2.63. The van der Waals surface area contributed by atoms with E-state index in [9.17, 15) is 4.79 Å². The number of amides is 1. The Labute approximate surface area is 110 Å². The molecule has 98 valence electrons. The van der Waals surface area contributed by atoms with Crippen LogP contribution in [0.5, 0.6) is 0 Å². The van der Waals surface area contributed by atoms with Crippen LogP contribution >= 0.6 is 0 Å². The van der Waals surface area contributed by atoms with E-state index in [1.54, 1.807) is 55.3 Å². The molecule has 0 aliphatic rings. The van der Waals surface area contributed by atoms with Crippen LogP contribution in [0.2, 0.25) is 0 Å². The van der Waals surface area contributed by atoms with Crippen LogP contribution in [0, 0.1) is 0 Å². The maximum Gasteiger partial charge on any atom is 0.275 e. The summed E-state index contributed by atoms with van der Waals surface area (Å²) < 4.78 is 1.71. The van der Waals surface area contributed by atoms with E-state index >= 15 is 0 Å². The molecule has 0 unspecified atom stereocenters. The molecule has 6 heteroatoms. The Balaban J connectivity index is 2.10. The molecule has 1 amide bonds. The third-order valence-electron chi connectivity index (χ3n) is 2.65. The molecular weight excluding hydrogens is 244 g/mol. The number of nitrogens with one attached hydrogen (secondary N) is 1. The first kappa shape index (κ1) is 12.8. The van der Waals surface area contributed by atoms with Crippen LogP contribution in [0.4, 0.5) is 5.69 Å². The van der Waals surface area contributed by atoms with Gasteiger partial charge < -0.3 is 15.1 Å². The number of benzene rings is 1. The van der Waals surface area contributed by atoms with Gasteiger partial charge >= 0.3 is 0 Å². The van der Waals surface area contributed by atoms with Gasteiger partial charge in [-0.25, -0.2) is 4.98 Å². The molecule has 1 aromatic carbocycles. The summed E-state index contributed by atoms with van der Waals surface area (Å²) in [6, 6.07) is 7.02. The number of hydrogen-bond donors (Lipinski definition) is 2. The van der Waals surface area contributed by atoms with Gasteiger partial charge in [-0.1, -0.05) is 17.3 Å². The number of aryl methyl sites for hydroxylation is 1. The zero-order valence-electron chi connectivity index (χ0n) is 10.7. The minimum atomic E-state index is -0.263. The number of carbonyl (C=O) groups is 1. The number of hydrogen-bond acceptors (Lipinski definition) is 4. The molecule has 2 aromatic rings. The van der Waals surface area contributed by atoms with Crippen molar-refractivity contribution in [1.29, 1.82) is 0 Å². The lowest BCUT2D eigenvalue weighted by atomic mass is 10.1. The van der Waals surface area contributed by atoms with Crippen molar-refractivity contribution < 1.29 is 10.0 Å². The smallest absolute Gasteiger partial charge is 0.275 e. The van der Waals surface area contributed by atoms with Gasteiger partial charge in [-0.15, -0.1) is 0 Å². The van der Waals surface area contributed by atoms with Crippen molar-refractivity contribution in [3.63, 3.8) is 0 Å². The summed E-state index contributed by atoms with van der Waals surface area (Å²) in [4.78, 5) is 15.8. The largest absolute Gasteiger partial charge is 0.411 e. The van der Waals surface area contributed by atoms with Gasteiger partial charge in [0.05, 0.1) is 12.0 Å². The Bertz CT molecular complexity index is 614. The Morgan fingerprint density at radius 2 is 2.05 bits per heavy atom. The van der Waals surface area contributed by atoms with Crippen LogP contribution in [0.1, 0.15) is 23.0 Å². The first-order valence-electron chi connectivity index (χ1n) is 5.68. The molecule has 0 saturated heterocycles. The molecule has 0 aliphatic carbocycles. The maximum atomic E-state index is 11.9. The number of rotatable bonds is 3. The van der Waals surface area contributed by atoms with Crippen molar-refractivity contribution in [2.75, 3.05) is 5.32 Å². The first-order valence-corrected chi connectivity index (χ1v) is 5.68. The van der Waals surface area contributed by atoms with Crippen LogP contribution in [0.3, 0.4) is 0 Å². The molecule has 0 radical (unpaired) electrons. The molecule has 0 bridgehead atoms. The van der Waals surface area contributed by atoms with Crippen molar-refractivity contribution in [3.05, 3.63) is 48.0 Å². The summed E-state index contributed by atoms with van der Waals surface area (Å²) in [7, 11) is 1.80. The number of imidazole rings is 1. The van der Waals surface area contributed by atoms with E-state index in [4.69, 9.17) is 5.21 Å². The van der Waals surface area contributed by atoms with Crippen molar-refractivity contribution in [1.82, 2.24) is 9.55 Å². The van der Waals surface area contributed by atoms with Crippen molar-refractivity contribution in [2.45, 2.75) is 6.92 Å². The highest BCUT2D eigenvalue weighted by molar-refractivity contribution is 6.03. The molecule has 19 heavy (non-hydrogen) atoms. The summed E-state index contributed by atoms with van der Waals surface area (Å²) in [5.41, 5.74) is 2.32. The fourth-order valence-electron chi connectivity index (χ4n) is 1.58. The predicted molar refractivity (Wildman–Crippen MR) is 71.6 cm³/mol. The van der Waals surface area contributed by atoms with E-state index in [1.165, 1.54) is 0 Å². The molecule has 0 aliphatic heterocycles. The zero-order chi connectivity index (χ0) is 13.8. The van der Waals surface area contributed by atoms with Crippen molar-refractivity contribution in [3.8, 4) is 0 Å². The Kier molecular flexibility index (Phi) is 3.61. The molecule has 1 heterocycles. The predicted octanol–water partition coefficient (Wildman–Crippen LogP) is 1.87. The van der Waals surface area contributed by atoms with E-state index in [2.05, 4.69) is 15.5 Å². The second kappa shape index (κ2) is 5.34. The lowest BCUT2D eigenvalue weighted by Crippen LogP contribution is -2.12. The minimum absolute atomic E-state index is 0.263. The number of anilines is 1. The van der Waals surface area contributed by atoms with Crippen molar-refractivity contribution in [2.24, 2.45) is 12.2 Å². The quantitative estimate of drug-likeness (QED) is 0.501. The van der Waals surface area contributed by atoms with Gasteiger partial charge in [-0.2, -0.15) is 0 Å². The summed E-state index contributed by atoms with van der Waals surface area (Å²) in [5, 5.41) is 14.5. The lowest BCUT2D eigenvalue weighted by molar-refractivity contribution is 0.102. The molecule has 1 aromatic heterocycles. The molecule has 2 N–H and O–H groups in total. The van der Waals surface area contributed by atoms with Crippen LogP contribution < -0.4 is 5.32 Å². The number of carbonyl (C=O) groups excluding carboxylic acids is 1. The highest BCUT2D eigenvalue weighted by atomic mass is 16.4. The van der Waals surface area contributed by atoms with E-state index in [1.807, 2.05) is 0 Å². The highest BCUT2D eigenvalue weighted by Gasteiger charge is 2.08. The van der Waals surface area contributed by atoms with E-state index in [0.29, 0.717) is 17.1 Å². The van der Waals surface area contributed by atoms with Gasteiger partial charge in [0.2, 0.25) is 0 Å². The van der Waals surface area contributed by atoms with Crippen LogP contribution in [0.15, 0.2) is 41.9 Å². The highest BCUT2D eigenvalue weighted by Crippen LogP contribution is 2.11. The summed E-state index contributed by atoms with van der Waals surface area (Å²) in [6.07, 6.45) is 3.21. The zero-order valence-corrected chi connectivity index (χ0v) is 10.7.